The number of benzene rings is 1. The van der Waals surface area contributed by atoms with Crippen molar-refractivity contribution >= 4 is 17.4 Å². The van der Waals surface area contributed by atoms with Crippen LogP contribution in [0.2, 0.25) is 0 Å². The second kappa shape index (κ2) is 3.58. The zero-order valence-electron chi connectivity index (χ0n) is 7.23. The fourth-order valence-corrected chi connectivity index (χ4v) is 1.96. The predicted octanol–water partition coefficient (Wildman–Crippen LogP) is 4.06. The molecule has 0 nitrogen and oxygen atoms in total. The van der Waals surface area contributed by atoms with E-state index in [-0.39, 0.29) is 0 Å². The highest BCUT2D eigenvalue weighted by Crippen LogP contribution is 2.24. The second-order valence-electron chi connectivity index (χ2n) is 2.80. The van der Waals surface area contributed by atoms with E-state index in [1.54, 1.807) is 11.3 Å². The molecule has 0 aliphatic carbocycles. The molecular weight excluding hydrogens is 176 g/mol. The van der Waals surface area contributed by atoms with E-state index < -0.39 is 0 Å². The first-order chi connectivity index (χ1) is 6.40. The van der Waals surface area contributed by atoms with Crippen molar-refractivity contribution in [3.8, 4) is 10.4 Å². The van der Waals surface area contributed by atoms with E-state index in [2.05, 4.69) is 48.4 Å². The molecule has 0 bridgehead atoms. The maximum atomic E-state index is 3.73. The first-order valence-electron chi connectivity index (χ1n) is 4.16. The summed E-state index contributed by atoms with van der Waals surface area (Å²) >= 11 is 1.76. The highest BCUT2D eigenvalue weighted by molar-refractivity contribution is 7.13. The van der Waals surface area contributed by atoms with Gasteiger partial charge in [0.1, 0.15) is 0 Å². The third kappa shape index (κ3) is 1.70. The molecule has 2 rings (SSSR count). The molecular formula is C12H10S. The maximum Gasteiger partial charge on any atom is 0.0342 e. The molecule has 0 spiro atoms. The Balaban J connectivity index is 2.38. The summed E-state index contributed by atoms with van der Waals surface area (Å²) in [7, 11) is 0. The minimum Gasteiger partial charge on any atom is -0.144 e. The van der Waals surface area contributed by atoms with E-state index in [4.69, 9.17) is 0 Å². The summed E-state index contributed by atoms with van der Waals surface area (Å²) in [4.78, 5) is 1.32. The highest BCUT2D eigenvalue weighted by Gasteiger charge is 1.96. The van der Waals surface area contributed by atoms with Crippen LogP contribution in [0.3, 0.4) is 0 Å². The average Bonchev–Trinajstić information content (AvgIpc) is 2.71. The third-order valence-electron chi connectivity index (χ3n) is 1.95. The average molecular weight is 186 g/mol. The molecule has 1 aromatic heterocycles. The van der Waals surface area contributed by atoms with Gasteiger partial charge in [-0.05, 0) is 22.6 Å². The van der Waals surface area contributed by atoms with Gasteiger partial charge >= 0.3 is 0 Å². The number of thiophene rings is 1. The Labute approximate surface area is 82.2 Å². The summed E-state index contributed by atoms with van der Waals surface area (Å²) in [6.07, 6.45) is 1.86. The van der Waals surface area contributed by atoms with Gasteiger partial charge in [-0.15, -0.1) is 11.3 Å². The summed E-state index contributed by atoms with van der Waals surface area (Å²) in [5.74, 6) is 0. The van der Waals surface area contributed by atoms with Crippen LogP contribution in [0.15, 0.2) is 48.4 Å². The van der Waals surface area contributed by atoms with Gasteiger partial charge in [0.15, 0.2) is 0 Å². The first kappa shape index (κ1) is 8.27. The number of hydrogen-bond acceptors (Lipinski definition) is 1. The molecule has 0 N–H and O–H groups in total. The predicted molar refractivity (Wildman–Crippen MR) is 59.8 cm³/mol. The Morgan fingerprint density at radius 2 is 1.85 bits per heavy atom. The molecule has 0 fully saturated rings. The van der Waals surface area contributed by atoms with Crippen molar-refractivity contribution in [2.45, 2.75) is 0 Å². The number of rotatable bonds is 2. The molecule has 0 aliphatic rings. The van der Waals surface area contributed by atoms with Gasteiger partial charge in [0.2, 0.25) is 0 Å². The molecule has 2 aromatic rings. The second-order valence-corrected chi connectivity index (χ2v) is 3.75. The normalized spacial score (nSPS) is 9.85. The zero-order chi connectivity index (χ0) is 9.10. The third-order valence-corrected chi connectivity index (χ3v) is 2.87. The van der Waals surface area contributed by atoms with Crippen molar-refractivity contribution in [3.05, 3.63) is 53.9 Å². The smallest absolute Gasteiger partial charge is 0.0342 e. The Morgan fingerprint density at radius 1 is 1.08 bits per heavy atom. The molecule has 0 saturated carbocycles. The zero-order valence-corrected chi connectivity index (χ0v) is 8.05. The molecule has 1 aromatic carbocycles. The Morgan fingerprint density at radius 3 is 2.38 bits per heavy atom. The Hall–Kier alpha value is -1.34. The van der Waals surface area contributed by atoms with E-state index in [0.29, 0.717) is 0 Å². The summed E-state index contributed by atoms with van der Waals surface area (Å²) in [6.45, 7) is 3.73. The van der Waals surface area contributed by atoms with Crippen molar-refractivity contribution in [1.29, 1.82) is 0 Å². The summed E-state index contributed by atoms with van der Waals surface area (Å²) < 4.78 is 0. The molecule has 0 aliphatic heterocycles. The van der Waals surface area contributed by atoms with Gasteiger partial charge < -0.3 is 0 Å². The largest absolute Gasteiger partial charge is 0.144 e. The summed E-state index contributed by atoms with van der Waals surface area (Å²) in [5, 5.41) is 2.09. The monoisotopic (exact) mass is 186 g/mol. The van der Waals surface area contributed by atoms with Crippen molar-refractivity contribution in [3.63, 3.8) is 0 Å². The minimum atomic E-state index is 1.17. The first-order valence-corrected chi connectivity index (χ1v) is 5.04. The lowest BCUT2D eigenvalue weighted by molar-refractivity contribution is 1.66. The van der Waals surface area contributed by atoms with E-state index in [9.17, 15) is 0 Å². The SMILES string of the molecule is C=Cc1ccc(-c2cccs2)cc1. The van der Waals surface area contributed by atoms with E-state index in [0.717, 1.165) is 0 Å². The van der Waals surface area contributed by atoms with Crippen LogP contribution in [0.4, 0.5) is 0 Å². The topological polar surface area (TPSA) is 0 Å². The lowest BCUT2D eigenvalue weighted by atomic mass is 10.1. The van der Waals surface area contributed by atoms with Gasteiger partial charge in [0.05, 0.1) is 0 Å². The molecule has 0 unspecified atom stereocenters. The lowest BCUT2D eigenvalue weighted by Crippen LogP contribution is -1.73. The Bertz CT molecular complexity index is 382. The van der Waals surface area contributed by atoms with Crippen LogP contribution in [0.1, 0.15) is 5.56 Å². The van der Waals surface area contributed by atoms with Crippen LogP contribution in [0, 0.1) is 0 Å². The molecule has 0 radical (unpaired) electrons. The van der Waals surface area contributed by atoms with Crippen LogP contribution in [-0.2, 0) is 0 Å². The van der Waals surface area contributed by atoms with Gasteiger partial charge in [-0.2, -0.15) is 0 Å². The molecule has 1 heteroatoms. The molecule has 64 valence electrons. The standard InChI is InChI=1S/C12H10S/c1-2-10-5-7-11(8-6-10)12-4-3-9-13-12/h2-9H,1H2. The van der Waals surface area contributed by atoms with Crippen molar-refractivity contribution in [2.24, 2.45) is 0 Å². The lowest BCUT2D eigenvalue weighted by Gasteiger charge is -1.97. The fraction of sp³-hybridized carbons (Fsp3) is 0. The van der Waals surface area contributed by atoms with Gasteiger partial charge in [0, 0.05) is 4.88 Å². The van der Waals surface area contributed by atoms with Crippen molar-refractivity contribution in [1.82, 2.24) is 0 Å². The minimum absolute atomic E-state index is 1.17. The van der Waals surface area contributed by atoms with Gasteiger partial charge in [-0.3, -0.25) is 0 Å². The highest BCUT2D eigenvalue weighted by atomic mass is 32.1. The van der Waals surface area contributed by atoms with Crippen LogP contribution in [0.5, 0.6) is 0 Å². The van der Waals surface area contributed by atoms with Gasteiger partial charge in [-0.1, -0.05) is 43.0 Å². The van der Waals surface area contributed by atoms with E-state index in [1.807, 2.05) is 6.08 Å². The van der Waals surface area contributed by atoms with Crippen LogP contribution in [-0.4, -0.2) is 0 Å². The van der Waals surface area contributed by atoms with E-state index in [1.165, 1.54) is 16.0 Å². The molecule has 1 heterocycles. The molecule has 0 amide bonds. The fourth-order valence-electron chi connectivity index (χ4n) is 1.23. The molecule has 13 heavy (non-hydrogen) atoms. The van der Waals surface area contributed by atoms with Crippen LogP contribution in [0.25, 0.3) is 16.5 Å². The number of hydrogen-bond donors (Lipinski definition) is 0. The van der Waals surface area contributed by atoms with E-state index >= 15 is 0 Å². The van der Waals surface area contributed by atoms with Gasteiger partial charge in [-0.25, -0.2) is 0 Å². The van der Waals surface area contributed by atoms with Crippen molar-refractivity contribution in [2.75, 3.05) is 0 Å². The van der Waals surface area contributed by atoms with Crippen LogP contribution < -0.4 is 0 Å². The quantitative estimate of drug-likeness (QED) is 0.663. The van der Waals surface area contributed by atoms with Crippen molar-refractivity contribution < 1.29 is 0 Å². The molecule has 0 atom stereocenters. The maximum absolute atomic E-state index is 3.73. The Kier molecular flexibility index (Phi) is 2.28. The molecule has 0 saturated heterocycles. The summed E-state index contributed by atoms with van der Waals surface area (Å²) in [5.41, 5.74) is 2.45. The van der Waals surface area contributed by atoms with Crippen LogP contribution >= 0.6 is 11.3 Å². The summed E-state index contributed by atoms with van der Waals surface area (Å²) in [6, 6.07) is 12.6. The van der Waals surface area contributed by atoms with Gasteiger partial charge in [0.25, 0.3) is 0 Å².